The first-order chi connectivity index (χ1) is 10.6. The van der Waals surface area contributed by atoms with Gasteiger partial charge in [0.15, 0.2) is 0 Å². The van der Waals surface area contributed by atoms with Crippen LogP contribution < -0.4 is 14.7 Å². The second kappa shape index (κ2) is 7.47. The molecule has 0 bridgehead atoms. The second-order valence-electron chi connectivity index (χ2n) is 4.39. The van der Waals surface area contributed by atoms with Crippen LogP contribution in [0.3, 0.4) is 0 Å². The summed E-state index contributed by atoms with van der Waals surface area (Å²) in [6, 6.07) is 10.5. The number of hydrogen-bond donors (Lipinski definition) is 2. The van der Waals surface area contributed by atoms with E-state index in [2.05, 4.69) is 5.32 Å². The molecule has 0 aliphatic carbocycles. The van der Waals surface area contributed by atoms with Gasteiger partial charge in [0.2, 0.25) is 0 Å². The zero-order valence-corrected chi connectivity index (χ0v) is 11.9. The topological polar surface area (TPSA) is 67.8 Å². The SMILES string of the molecule is COc1ccc(F)cc1C(=O)NCc1ccc(O[B]O)cc1. The van der Waals surface area contributed by atoms with Crippen LogP contribution in [0.1, 0.15) is 15.9 Å². The fraction of sp³-hybridized carbons (Fsp3) is 0.133. The Morgan fingerprint density at radius 1 is 1.27 bits per heavy atom. The van der Waals surface area contributed by atoms with Crippen molar-refractivity contribution in [1.29, 1.82) is 0 Å². The lowest BCUT2D eigenvalue weighted by atomic mass is 10.1. The predicted molar refractivity (Wildman–Crippen MR) is 79.2 cm³/mol. The number of rotatable bonds is 6. The summed E-state index contributed by atoms with van der Waals surface area (Å²) in [6.07, 6.45) is 0. The molecule has 2 rings (SSSR count). The van der Waals surface area contributed by atoms with E-state index < -0.39 is 11.7 Å². The first-order valence-electron chi connectivity index (χ1n) is 6.47. The molecule has 2 aromatic rings. The van der Waals surface area contributed by atoms with Gasteiger partial charge in [-0.25, -0.2) is 4.39 Å². The lowest BCUT2D eigenvalue weighted by Crippen LogP contribution is -2.23. The Labute approximate surface area is 128 Å². The molecule has 113 valence electrons. The van der Waals surface area contributed by atoms with E-state index in [-0.39, 0.29) is 12.1 Å². The maximum Gasteiger partial charge on any atom is 0.569 e. The molecule has 7 heteroatoms. The largest absolute Gasteiger partial charge is 0.569 e. The minimum Gasteiger partial charge on any atom is -0.537 e. The molecule has 0 spiro atoms. The molecule has 0 unspecified atom stereocenters. The standard InChI is InChI=1S/C15H14BFNO4/c1-21-14-7-4-11(17)8-13(14)15(19)18-9-10-2-5-12(6-3-10)22-16-20/h2-8,20H,9H2,1H3,(H,18,19). The highest BCUT2D eigenvalue weighted by atomic mass is 19.1. The summed E-state index contributed by atoms with van der Waals surface area (Å²) in [5, 5.41) is 11.2. The van der Waals surface area contributed by atoms with Crippen molar-refractivity contribution in [3.63, 3.8) is 0 Å². The van der Waals surface area contributed by atoms with E-state index in [0.717, 1.165) is 11.6 Å². The molecule has 2 N–H and O–H groups in total. The molecule has 5 nitrogen and oxygen atoms in total. The van der Waals surface area contributed by atoms with Gasteiger partial charge in [-0.2, -0.15) is 0 Å². The first kappa shape index (κ1) is 15.8. The third-order valence-corrected chi connectivity index (χ3v) is 2.97. The van der Waals surface area contributed by atoms with Gasteiger partial charge in [-0.1, -0.05) is 12.1 Å². The molecule has 0 atom stereocenters. The van der Waals surface area contributed by atoms with Crippen LogP contribution in [0.5, 0.6) is 11.5 Å². The van der Waals surface area contributed by atoms with Crippen LogP contribution in [-0.4, -0.2) is 25.7 Å². The zero-order chi connectivity index (χ0) is 15.9. The van der Waals surface area contributed by atoms with E-state index in [1.54, 1.807) is 24.3 Å². The first-order valence-corrected chi connectivity index (χ1v) is 6.47. The van der Waals surface area contributed by atoms with Gasteiger partial charge in [0.25, 0.3) is 5.91 Å². The van der Waals surface area contributed by atoms with Crippen molar-refractivity contribution in [3.05, 3.63) is 59.4 Å². The van der Waals surface area contributed by atoms with Crippen molar-refractivity contribution in [2.24, 2.45) is 0 Å². The summed E-state index contributed by atoms with van der Waals surface area (Å²) < 4.78 is 23.1. The molecule has 22 heavy (non-hydrogen) atoms. The lowest BCUT2D eigenvalue weighted by Gasteiger charge is -2.10. The van der Waals surface area contributed by atoms with Gasteiger partial charge in [-0.3, -0.25) is 4.79 Å². The molecule has 0 aromatic heterocycles. The number of amides is 1. The van der Waals surface area contributed by atoms with E-state index >= 15 is 0 Å². The number of ether oxygens (including phenoxy) is 1. The monoisotopic (exact) mass is 302 g/mol. The van der Waals surface area contributed by atoms with Crippen LogP contribution in [0.2, 0.25) is 0 Å². The van der Waals surface area contributed by atoms with E-state index in [9.17, 15) is 9.18 Å². The molecule has 0 heterocycles. The maximum atomic E-state index is 13.3. The van der Waals surface area contributed by atoms with Crippen LogP contribution in [0.25, 0.3) is 0 Å². The third kappa shape index (κ3) is 3.99. The van der Waals surface area contributed by atoms with Crippen LogP contribution in [0, 0.1) is 5.82 Å². The summed E-state index contributed by atoms with van der Waals surface area (Å²) in [7, 11) is 2.01. The van der Waals surface area contributed by atoms with E-state index in [4.69, 9.17) is 14.4 Å². The number of benzene rings is 2. The quantitative estimate of drug-likeness (QED) is 0.797. The van der Waals surface area contributed by atoms with E-state index in [1.807, 2.05) is 0 Å². The molecular weight excluding hydrogens is 288 g/mol. The van der Waals surface area contributed by atoms with Crippen molar-refractivity contribution in [3.8, 4) is 11.5 Å². The normalized spacial score (nSPS) is 9.95. The van der Waals surface area contributed by atoms with Crippen LogP contribution in [-0.2, 0) is 6.54 Å². The van der Waals surface area contributed by atoms with Crippen molar-refractivity contribution in [1.82, 2.24) is 5.32 Å². The summed E-state index contributed by atoms with van der Waals surface area (Å²) in [4.78, 5) is 12.1. The average molecular weight is 302 g/mol. The van der Waals surface area contributed by atoms with Crippen LogP contribution in [0.4, 0.5) is 4.39 Å². The molecular formula is C15H14BFNO4. The van der Waals surface area contributed by atoms with Crippen LogP contribution >= 0.6 is 0 Å². The number of nitrogens with one attached hydrogen (secondary N) is 1. The van der Waals surface area contributed by atoms with Crippen molar-refractivity contribution in [2.45, 2.75) is 6.54 Å². The van der Waals surface area contributed by atoms with Crippen LogP contribution in [0.15, 0.2) is 42.5 Å². The second-order valence-corrected chi connectivity index (χ2v) is 4.39. The zero-order valence-electron chi connectivity index (χ0n) is 11.9. The highest BCUT2D eigenvalue weighted by molar-refractivity contribution is 6.17. The Hall–Kier alpha value is -2.54. The molecule has 1 amide bonds. The Bertz CT molecular complexity index is 648. The Morgan fingerprint density at radius 3 is 2.64 bits per heavy atom. The number of carbonyl (C=O) groups excluding carboxylic acids is 1. The Morgan fingerprint density at radius 2 is 2.00 bits per heavy atom. The molecule has 0 aliphatic rings. The third-order valence-electron chi connectivity index (χ3n) is 2.97. The van der Waals surface area contributed by atoms with Gasteiger partial charge in [0, 0.05) is 6.54 Å². The van der Waals surface area contributed by atoms with Gasteiger partial charge in [-0.05, 0) is 35.9 Å². The summed E-state index contributed by atoms with van der Waals surface area (Å²) >= 11 is 0. The minimum atomic E-state index is -0.507. The number of carbonyl (C=O) groups is 1. The maximum absolute atomic E-state index is 13.3. The highest BCUT2D eigenvalue weighted by Gasteiger charge is 2.13. The number of hydrogen-bond acceptors (Lipinski definition) is 4. The van der Waals surface area contributed by atoms with Gasteiger partial charge in [0.05, 0.1) is 18.4 Å². The fourth-order valence-electron chi connectivity index (χ4n) is 1.88. The molecule has 1 radical (unpaired) electrons. The molecule has 0 aliphatic heterocycles. The fourth-order valence-corrected chi connectivity index (χ4v) is 1.88. The van der Waals surface area contributed by atoms with Crippen molar-refractivity contribution >= 4 is 13.6 Å². The summed E-state index contributed by atoms with van der Waals surface area (Å²) in [5.41, 5.74) is 0.964. The van der Waals surface area contributed by atoms with E-state index in [1.165, 1.54) is 19.2 Å². The number of methoxy groups -OCH3 is 1. The lowest BCUT2D eigenvalue weighted by molar-refractivity contribution is 0.0947. The Kier molecular flexibility index (Phi) is 5.38. The molecule has 0 saturated carbocycles. The van der Waals surface area contributed by atoms with Gasteiger partial charge < -0.3 is 19.7 Å². The van der Waals surface area contributed by atoms with Gasteiger partial charge in [0.1, 0.15) is 11.6 Å². The average Bonchev–Trinajstić information content (AvgIpc) is 2.54. The predicted octanol–water partition coefficient (Wildman–Crippen LogP) is 1.67. The van der Waals surface area contributed by atoms with Crippen molar-refractivity contribution in [2.75, 3.05) is 7.11 Å². The summed E-state index contributed by atoms with van der Waals surface area (Å²) in [5.74, 6) is -0.154. The van der Waals surface area contributed by atoms with E-state index in [0.29, 0.717) is 19.2 Å². The van der Waals surface area contributed by atoms with Crippen molar-refractivity contribution < 1.29 is 23.6 Å². The molecule has 2 aromatic carbocycles. The molecule has 0 fully saturated rings. The Balaban J connectivity index is 2.02. The van der Waals surface area contributed by atoms with Gasteiger partial charge >= 0.3 is 7.69 Å². The molecule has 0 saturated heterocycles. The highest BCUT2D eigenvalue weighted by Crippen LogP contribution is 2.19. The minimum absolute atomic E-state index is 0.136. The summed E-state index contributed by atoms with van der Waals surface area (Å²) in [6.45, 7) is 0.265. The number of halogens is 1. The smallest absolute Gasteiger partial charge is 0.537 e. The van der Waals surface area contributed by atoms with Gasteiger partial charge in [-0.15, -0.1) is 0 Å².